The lowest BCUT2D eigenvalue weighted by molar-refractivity contribution is 0.623. The van der Waals surface area contributed by atoms with E-state index in [9.17, 15) is 4.39 Å². The van der Waals surface area contributed by atoms with Crippen molar-refractivity contribution in [2.24, 2.45) is 0 Å². The van der Waals surface area contributed by atoms with E-state index in [-0.39, 0.29) is 5.56 Å². The number of anilines is 1. The van der Waals surface area contributed by atoms with Gasteiger partial charge in [-0.15, -0.1) is 0 Å². The van der Waals surface area contributed by atoms with Gasteiger partial charge in [0, 0.05) is 19.3 Å². The monoisotopic (exact) mass is 206 g/mol. The Hall–Kier alpha value is -1.56. The third-order valence-corrected chi connectivity index (χ3v) is 2.36. The Kier molecular flexibility index (Phi) is 4.11. The highest BCUT2D eigenvalue weighted by Gasteiger charge is 2.05. The number of hydrogen-bond donors (Lipinski definition) is 0. The highest BCUT2D eigenvalue weighted by atomic mass is 19.1. The maximum atomic E-state index is 13.3. The number of benzene rings is 1. The van der Waals surface area contributed by atoms with Gasteiger partial charge >= 0.3 is 0 Å². The Bertz CT molecular complexity index is 368. The Labute approximate surface area is 89.9 Å². The van der Waals surface area contributed by atoms with E-state index in [2.05, 4.69) is 6.92 Å². The van der Waals surface area contributed by atoms with Crippen LogP contribution in [0.5, 0.6) is 0 Å². The molecule has 0 aromatic heterocycles. The average molecular weight is 206 g/mol. The van der Waals surface area contributed by atoms with Crippen LogP contribution in [0.4, 0.5) is 10.1 Å². The summed E-state index contributed by atoms with van der Waals surface area (Å²) in [5.74, 6) is -0.446. The molecule has 0 spiro atoms. The number of rotatable bonds is 4. The molecule has 0 amide bonds. The van der Waals surface area contributed by atoms with E-state index in [1.807, 2.05) is 18.0 Å². The quantitative estimate of drug-likeness (QED) is 0.757. The van der Waals surface area contributed by atoms with E-state index >= 15 is 0 Å². The lowest BCUT2D eigenvalue weighted by Crippen LogP contribution is -2.18. The molecule has 0 atom stereocenters. The summed E-state index contributed by atoms with van der Waals surface area (Å²) in [5, 5.41) is 8.59. The second-order valence-corrected chi connectivity index (χ2v) is 3.55. The molecule has 80 valence electrons. The Morgan fingerprint density at radius 1 is 1.47 bits per heavy atom. The van der Waals surface area contributed by atoms with E-state index < -0.39 is 5.82 Å². The molecule has 0 aliphatic rings. The number of unbranched alkanes of at least 4 members (excludes halogenated alkanes) is 1. The third-order valence-electron chi connectivity index (χ3n) is 2.36. The number of hydrogen-bond acceptors (Lipinski definition) is 2. The zero-order chi connectivity index (χ0) is 11.3. The van der Waals surface area contributed by atoms with Crippen LogP contribution in [-0.2, 0) is 0 Å². The predicted molar refractivity (Wildman–Crippen MR) is 59.3 cm³/mol. The van der Waals surface area contributed by atoms with Gasteiger partial charge in [-0.25, -0.2) is 4.39 Å². The van der Waals surface area contributed by atoms with Crippen LogP contribution in [0.2, 0.25) is 0 Å². The molecule has 0 unspecified atom stereocenters. The number of halogens is 1. The minimum Gasteiger partial charge on any atom is -0.375 e. The summed E-state index contributed by atoms with van der Waals surface area (Å²) in [6, 6.07) is 6.52. The first-order chi connectivity index (χ1) is 7.19. The highest BCUT2D eigenvalue weighted by molar-refractivity contribution is 5.49. The minimum absolute atomic E-state index is 0.0997. The molecular formula is C12H15FN2. The Balaban J connectivity index is 2.79. The van der Waals surface area contributed by atoms with Gasteiger partial charge in [0.25, 0.3) is 0 Å². The minimum atomic E-state index is -0.446. The molecule has 0 heterocycles. The van der Waals surface area contributed by atoms with Crippen molar-refractivity contribution in [3.8, 4) is 6.07 Å². The lowest BCUT2D eigenvalue weighted by atomic mass is 10.2. The van der Waals surface area contributed by atoms with Gasteiger partial charge in [0.1, 0.15) is 11.9 Å². The summed E-state index contributed by atoms with van der Waals surface area (Å²) >= 11 is 0. The highest BCUT2D eigenvalue weighted by Crippen LogP contribution is 2.17. The maximum Gasteiger partial charge on any atom is 0.143 e. The van der Waals surface area contributed by atoms with Crippen molar-refractivity contribution in [2.75, 3.05) is 18.5 Å². The van der Waals surface area contributed by atoms with Crippen molar-refractivity contribution < 1.29 is 4.39 Å². The second-order valence-electron chi connectivity index (χ2n) is 3.55. The maximum absolute atomic E-state index is 13.3. The molecule has 0 saturated heterocycles. The topological polar surface area (TPSA) is 27.0 Å². The van der Waals surface area contributed by atoms with E-state index in [0.29, 0.717) is 0 Å². The number of nitrogens with zero attached hydrogens (tertiary/aromatic N) is 2. The zero-order valence-electron chi connectivity index (χ0n) is 9.13. The summed E-state index contributed by atoms with van der Waals surface area (Å²) in [4.78, 5) is 1.99. The molecule has 0 fully saturated rings. The molecule has 3 heteroatoms. The largest absolute Gasteiger partial charge is 0.375 e. The molecule has 0 aliphatic carbocycles. The molecule has 0 saturated carbocycles. The first-order valence-electron chi connectivity index (χ1n) is 5.09. The normalized spacial score (nSPS) is 9.73. The van der Waals surface area contributed by atoms with Gasteiger partial charge in [-0.3, -0.25) is 0 Å². The second kappa shape index (κ2) is 5.35. The van der Waals surface area contributed by atoms with Crippen LogP contribution in [0, 0.1) is 17.1 Å². The molecule has 0 aliphatic heterocycles. The van der Waals surface area contributed by atoms with Crippen molar-refractivity contribution in [1.82, 2.24) is 0 Å². The molecule has 0 bridgehead atoms. The van der Waals surface area contributed by atoms with Gasteiger partial charge in [0.05, 0.1) is 5.56 Å². The van der Waals surface area contributed by atoms with Gasteiger partial charge in [0.15, 0.2) is 0 Å². The Morgan fingerprint density at radius 2 is 2.20 bits per heavy atom. The molecule has 1 aromatic rings. The summed E-state index contributed by atoms with van der Waals surface area (Å²) in [6.45, 7) is 3.02. The standard InChI is InChI=1S/C12H15FN2/c1-3-4-7-15(2)11-6-5-10(9-14)12(13)8-11/h5-6,8H,3-4,7H2,1-2H3. The van der Waals surface area contributed by atoms with Crippen molar-refractivity contribution in [3.05, 3.63) is 29.6 Å². The molecular weight excluding hydrogens is 191 g/mol. The molecule has 1 aromatic carbocycles. The van der Waals surface area contributed by atoms with E-state index in [1.54, 1.807) is 6.07 Å². The fourth-order valence-corrected chi connectivity index (χ4v) is 1.36. The SMILES string of the molecule is CCCCN(C)c1ccc(C#N)c(F)c1. The van der Waals surface area contributed by atoms with Gasteiger partial charge in [-0.1, -0.05) is 13.3 Å². The van der Waals surface area contributed by atoms with Crippen LogP contribution in [-0.4, -0.2) is 13.6 Å². The molecule has 15 heavy (non-hydrogen) atoms. The van der Waals surface area contributed by atoms with Crippen molar-refractivity contribution in [1.29, 1.82) is 5.26 Å². The lowest BCUT2D eigenvalue weighted by Gasteiger charge is -2.18. The average Bonchev–Trinajstić information content (AvgIpc) is 2.25. The van der Waals surface area contributed by atoms with Crippen molar-refractivity contribution in [3.63, 3.8) is 0 Å². The summed E-state index contributed by atoms with van der Waals surface area (Å²) in [7, 11) is 1.93. The van der Waals surface area contributed by atoms with Crippen LogP contribution in [0.3, 0.4) is 0 Å². The number of nitriles is 1. The van der Waals surface area contributed by atoms with Crippen LogP contribution in [0.25, 0.3) is 0 Å². The van der Waals surface area contributed by atoms with E-state index in [0.717, 1.165) is 25.1 Å². The van der Waals surface area contributed by atoms with Gasteiger partial charge in [0.2, 0.25) is 0 Å². The van der Waals surface area contributed by atoms with Crippen LogP contribution in [0.15, 0.2) is 18.2 Å². The van der Waals surface area contributed by atoms with Gasteiger partial charge in [-0.05, 0) is 24.6 Å². The Morgan fingerprint density at radius 3 is 2.73 bits per heavy atom. The van der Waals surface area contributed by atoms with Crippen molar-refractivity contribution in [2.45, 2.75) is 19.8 Å². The van der Waals surface area contributed by atoms with Gasteiger partial charge < -0.3 is 4.90 Å². The fraction of sp³-hybridized carbons (Fsp3) is 0.417. The van der Waals surface area contributed by atoms with Crippen molar-refractivity contribution >= 4 is 5.69 Å². The van der Waals surface area contributed by atoms with Crippen LogP contribution in [0.1, 0.15) is 25.3 Å². The predicted octanol–water partition coefficient (Wildman–Crippen LogP) is 2.93. The van der Waals surface area contributed by atoms with E-state index in [1.165, 1.54) is 12.1 Å². The summed E-state index contributed by atoms with van der Waals surface area (Å²) in [5.41, 5.74) is 0.919. The van der Waals surface area contributed by atoms with E-state index in [4.69, 9.17) is 5.26 Å². The van der Waals surface area contributed by atoms with Gasteiger partial charge in [-0.2, -0.15) is 5.26 Å². The smallest absolute Gasteiger partial charge is 0.143 e. The summed E-state index contributed by atoms with van der Waals surface area (Å²) < 4.78 is 13.3. The molecule has 1 rings (SSSR count). The molecule has 0 radical (unpaired) electrons. The fourth-order valence-electron chi connectivity index (χ4n) is 1.36. The molecule has 0 N–H and O–H groups in total. The van der Waals surface area contributed by atoms with Crippen LogP contribution >= 0.6 is 0 Å². The summed E-state index contributed by atoms with van der Waals surface area (Å²) in [6.07, 6.45) is 2.20. The molecule has 2 nitrogen and oxygen atoms in total. The first-order valence-corrected chi connectivity index (χ1v) is 5.09. The van der Waals surface area contributed by atoms with Crippen LogP contribution < -0.4 is 4.90 Å². The third kappa shape index (κ3) is 2.95. The first kappa shape index (κ1) is 11.5. The zero-order valence-corrected chi connectivity index (χ0v) is 9.13.